The van der Waals surface area contributed by atoms with Gasteiger partial charge in [-0.2, -0.15) is 26.3 Å². The van der Waals surface area contributed by atoms with Crippen LogP contribution in [-0.4, -0.2) is 31.1 Å². The number of nitrogens with one attached hydrogen (secondary N) is 1. The third kappa shape index (κ3) is 2.20. The van der Waals surface area contributed by atoms with E-state index in [0.717, 1.165) is 0 Å². The molecule has 0 aromatic heterocycles. The van der Waals surface area contributed by atoms with Crippen LogP contribution in [0, 0.1) is 4.78 Å². The van der Waals surface area contributed by atoms with Gasteiger partial charge in [-0.05, 0) is 0 Å². The van der Waals surface area contributed by atoms with Gasteiger partial charge < -0.3 is 13.5 Å². The van der Waals surface area contributed by atoms with Gasteiger partial charge in [0.05, 0.1) is 0 Å². The molecule has 0 saturated carbocycles. The van der Waals surface area contributed by atoms with Crippen molar-refractivity contribution in [1.29, 1.82) is 4.78 Å². The summed E-state index contributed by atoms with van der Waals surface area (Å²) in [5.41, 5.74) is 0. The summed E-state index contributed by atoms with van der Waals surface area (Å²) in [5, 5.41) is -12.8. The molecule has 0 heterocycles. The fourth-order valence-electron chi connectivity index (χ4n) is 0.592. The molecule has 0 radical (unpaired) electrons. The van der Waals surface area contributed by atoms with Crippen molar-refractivity contribution in [2.45, 2.75) is 22.4 Å². The monoisotopic (exact) mass is 328 g/mol. The first kappa shape index (κ1) is 17.5. The quantitative estimate of drug-likeness (QED) is 0.462. The van der Waals surface area contributed by atoms with Crippen LogP contribution in [0.3, 0.4) is 0 Å². The first-order chi connectivity index (χ1) is 7.64. The van der Waals surface area contributed by atoms with Crippen molar-refractivity contribution in [3.8, 4) is 0 Å². The van der Waals surface area contributed by atoms with Crippen LogP contribution in [0.15, 0.2) is 0 Å². The zero-order valence-corrected chi connectivity index (χ0v) is 9.24. The van der Waals surface area contributed by atoms with E-state index in [-0.39, 0.29) is 0 Å². The summed E-state index contributed by atoms with van der Waals surface area (Å²) in [5.74, 6) is -14.0. The van der Waals surface area contributed by atoms with E-state index in [0.29, 0.717) is 0 Å². The van der Waals surface area contributed by atoms with Crippen molar-refractivity contribution in [2.75, 3.05) is 0 Å². The van der Waals surface area contributed by atoms with Crippen LogP contribution >= 0.6 is 0 Å². The van der Waals surface area contributed by atoms with Crippen molar-refractivity contribution in [3.63, 3.8) is 0 Å². The molecular weight excluding hydrogens is 326 g/mol. The summed E-state index contributed by atoms with van der Waals surface area (Å²) >= 11 is -4.90. The standard InChI is InChI=1S/C4H2F8NO3S2/c5-1(6,3(9,10)17(13)14)2(7,8)4(11,12)18(15)16/h13H,(H,15,16)/q-1. The van der Waals surface area contributed by atoms with Gasteiger partial charge in [0.2, 0.25) is 11.1 Å². The summed E-state index contributed by atoms with van der Waals surface area (Å²) < 4.78 is 133. The van der Waals surface area contributed by atoms with E-state index in [4.69, 9.17) is 9.33 Å². The Morgan fingerprint density at radius 1 is 0.944 bits per heavy atom. The highest BCUT2D eigenvalue weighted by Crippen LogP contribution is 2.53. The molecule has 110 valence electrons. The highest BCUT2D eigenvalue weighted by atomic mass is 32.2. The summed E-state index contributed by atoms with van der Waals surface area (Å²) in [7, 11) is -4.67. The number of halogens is 8. The second kappa shape index (κ2) is 4.56. The molecule has 18 heavy (non-hydrogen) atoms. The molecule has 14 heteroatoms. The Labute approximate surface area is 97.6 Å². The minimum Gasteiger partial charge on any atom is -0.439 e. The maximum Gasteiger partial charge on any atom is 0.413 e. The lowest BCUT2D eigenvalue weighted by atomic mass is 10.2. The van der Waals surface area contributed by atoms with Crippen LogP contribution in [0.5, 0.6) is 0 Å². The lowest BCUT2D eigenvalue weighted by Crippen LogP contribution is -2.63. The highest BCUT2D eigenvalue weighted by Gasteiger charge is 2.80. The fourth-order valence-corrected chi connectivity index (χ4v) is 1.30. The van der Waals surface area contributed by atoms with Crippen LogP contribution in [0.1, 0.15) is 0 Å². The van der Waals surface area contributed by atoms with Crippen molar-refractivity contribution in [3.05, 3.63) is 0 Å². The van der Waals surface area contributed by atoms with Crippen LogP contribution in [0.25, 0.3) is 0 Å². The molecule has 4 nitrogen and oxygen atoms in total. The van der Waals surface area contributed by atoms with E-state index < -0.39 is 44.0 Å². The molecule has 0 aromatic rings. The molecular formula is C4H2F8NO3S2-. The van der Waals surface area contributed by atoms with Crippen molar-refractivity contribution in [1.82, 2.24) is 0 Å². The minimum atomic E-state index is -7.00. The lowest BCUT2D eigenvalue weighted by Gasteiger charge is -2.36. The molecule has 1 atom stereocenters. The predicted molar refractivity (Wildman–Crippen MR) is 41.3 cm³/mol. The van der Waals surface area contributed by atoms with Crippen molar-refractivity contribution < 1.29 is 48.1 Å². The topological polar surface area (TPSA) is 78.2 Å². The Balaban J connectivity index is 5.97. The number of rotatable bonds is 5. The second-order valence-electron chi connectivity index (χ2n) is 2.70. The second-order valence-corrected chi connectivity index (χ2v) is 4.76. The average Bonchev–Trinajstić information content (AvgIpc) is 2.15. The fraction of sp³-hybridized carbons (Fsp3) is 1.00. The van der Waals surface area contributed by atoms with Gasteiger partial charge in [0.1, 0.15) is 0 Å². The lowest BCUT2D eigenvalue weighted by molar-refractivity contribution is -0.324. The highest BCUT2D eigenvalue weighted by molar-refractivity contribution is 7.80. The Kier molecular flexibility index (Phi) is 4.43. The average molecular weight is 328 g/mol. The van der Waals surface area contributed by atoms with Gasteiger partial charge in [0.15, 0.2) is 0 Å². The van der Waals surface area contributed by atoms with Gasteiger partial charge in [0.25, 0.3) is 5.25 Å². The van der Waals surface area contributed by atoms with E-state index in [1.807, 2.05) is 0 Å². The smallest absolute Gasteiger partial charge is 0.413 e. The summed E-state index contributed by atoms with van der Waals surface area (Å²) in [6.45, 7) is 0. The molecule has 0 aliphatic carbocycles. The molecule has 0 aromatic carbocycles. The number of alkyl halides is 8. The molecule has 0 spiro atoms. The number of hydrogen-bond acceptors (Lipinski definition) is 4. The largest absolute Gasteiger partial charge is 0.439 e. The van der Waals surface area contributed by atoms with Gasteiger partial charge in [0, 0.05) is 0 Å². The van der Waals surface area contributed by atoms with Crippen LogP contribution in [0.4, 0.5) is 35.1 Å². The van der Waals surface area contributed by atoms with Crippen LogP contribution in [-0.2, 0) is 25.9 Å². The SMILES string of the molecule is N=[S-](=O)C(F)(F)C(F)(F)C(F)(F)C(F)(F)S(=O)O. The molecule has 0 saturated heterocycles. The van der Waals surface area contributed by atoms with E-state index in [1.165, 1.54) is 0 Å². The van der Waals surface area contributed by atoms with E-state index in [1.54, 1.807) is 0 Å². The minimum absolute atomic E-state index is 4.67. The predicted octanol–water partition coefficient (Wildman–Crippen LogP) is 2.39. The van der Waals surface area contributed by atoms with Gasteiger partial charge in [-0.3, -0.25) is 0 Å². The zero-order valence-electron chi connectivity index (χ0n) is 7.60. The summed E-state index contributed by atoms with van der Waals surface area (Å²) in [6.07, 6.45) is 0. The Morgan fingerprint density at radius 2 is 1.28 bits per heavy atom. The first-order valence-corrected chi connectivity index (χ1v) is 5.65. The Hall–Kier alpha value is -0.500. The van der Waals surface area contributed by atoms with Crippen molar-refractivity contribution in [2.24, 2.45) is 0 Å². The van der Waals surface area contributed by atoms with E-state index >= 15 is 0 Å². The molecule has 0 aliphatic rings. The third-order valence-corrected chi connectivity index (χ3v) is 2.99. The maximum atomic E-state index is 12.5. The van der Waals surface area contributed by atoms with Crippen LogP contribution in [0.2, 0.25) is 0 Å². The first-order valence-electron chi connectivity index (χ1n) is 3.39. The van der Waals surface area contributed by atoms with E-state index in [2.05, 4.69) is 0 Å². The number of hydrogen-bond donors (Lipinski definition) is 2. The summed E-state index contributed by atoms with van der Waals surface area (Å²) in [4.78, 5) is 0. The molecule has 0 rings (SSSR count). The van der Waals surface area contributed by atoms with Gasteiger partial charge in [-0.15, -0.1) is 10.6 Å². The molecule has 0 aliphatic heterocycles. The normalized spacial score (nSPS) is 17.0. The summed E-state index contributed by atoms with van der Waals surface area (Å²) in [6, 6.07) is 0. The van der Waals surface area contributed by atoms with Crippen LogP contribution < -0.4 is 0 Å². The van der Waals surface area contributed by atoms with Crippen molar-refractivity contribution >= 4 is 21.7 Å². The third-order valence-electron chi connectivity index (χ3n) is 1.58. The Morgan fingerprint density at radius 3 is 1.50 bits per heavy atom. The van der Waals surface area contributed by atoms with E-state index in [9.17, 15) is 43.5 Å². The Bertz CT molecular complexity index is 424. The molecule has 0 fully saturated rings. The molecule has 1 unspecified atom stereocenters. The zero-order chi connectivity index (χ0) is 15.2. The molecule has 0 bridgehead atoms. The molecule has 2 N–H and O–H groups in total. The molecule has 0 amide bonds. The van der Waals surface area contributed by atoms with Gasteiger partial charge in [-0.1, -0.05) is 0 Å². The van der Waals surface area contributed by atoms with Gasteiger partial charge in [-0.25, -0.2) is 13.0 Å². The maximum absolute atomic E-state index is 12.5. The van der Waals surface area contributed by atoms with Gasteiger partial charge >= 0.3 is 17.1 Å².